The number of hydrogen-bond donors (Lipinski definition) is 1. The summed E-state index contributed by atoms with van der Waals surface area (Å²) in [5.41, 5.74) is 0.659. The average Bonchev–Trinajstić information content (AvgIpc) is 2.52. The fourth-order valence-electron chi connectivity index (χ4n) is 2.58. The summed E-state index contributed by atoms with van der Waals surface area (Å²) in [6, 6.07) is 7.26. The van der Waals surface area contributed by atoms with Crippen LogP contribution in [-0.4, -0.2) is 41.7 Å². The molecule has 1 N–H and O–H groups in total. The predicted octanol–water partition coefficient (Wildman–Crippen LogP) is 2.71. The van der Waals surface area contributed by atoms with E-state index in [0.29, 0.717) is 18.1 Å². The van der Waals surface area contributed by atoms with Crippen molar-refractivity contribution in [2.45, 2.75) is 39.2 Å². The SMILES string of the molecule is CC(C)COc1ccc(C(=O)N2CCCCC2CO)cc1. The molecule has 4 heteroatoms. The number of carbonyl (C=O) groups excluding carboxylic acids is 1. The first kappa shape index (κ1) is 15.8. The van der Waals surface area contributed by atoms with E-state index in [0.717, 1.165) is 31.6 Å². The molecule has 1 unspecified atom stereocenters. The van der Waals surface area contributed by atoms with Crippen LogP contribution < -0.4 is 4.74 Å². The highest BCUT2D eigenvalue weighted by molar-refractivity contribution is 5.94. The minimum Gasteiger partial charge on any atom is -0.493 e. The van der Waals surface area contributed by atoms with Crippen LogP contribution in [0.15, 0.2) is 24.3 Å². The number of aliphatic hydroxyl groups excluding tert-OH is 1. The number of ether oxygens (including phenoxy) is 1. The molecule has 1 aliphatic heterocycles. The van der Waals surface area contributed by atoms with Crippen LogP contribution in [0, 0.1) is 5.92 Å². The summed E-state index contributed by atoms with van der Waals surface area (Å²) in [6.45, 7) is 5.65. The Hall–Kier alpha value is -1.55. The van der Waals surface area contributed by atoms with Gasteiger partial charge < -0.3 is 14.7 Å². The molecule has 1 amide bonds. The Kier molecular flexibility index (Phi) is 5.62. The first-order valence-corrected chi connectivity index (χ1v) is 7.76. The van der Waals surface area contributed by atoms with Crippen molar-refractivity contribution in [1.82, 2.24) is 4.90 Å². The Morgan fingerprint density at radius 3 is 2.67 bits per heavy atom. The maximum absolute atomic E-state index is 12.5. The third-order valence-corrected chi connectivity index (χ3v) is 3.78. The van der Waals surface area contributed by atoms with E-state index < -0.39 is 0 Å². The van der Waals surface area contributed by atoms with Crippen LogP contribution in [0.2, 0.25) is 0 Å². The summed E-state index contributed by atoms with van der Waals surface area (Å²) in [4.78, 5) is 14.3. The van der Waals surface area contributed by atoms with Crippen LogP contribution in [0.5, 0.6) is 5.75 Å². The van der Waals surface area contributed by atoms with Crippen LogP contribution in [0.3, 0.4) is 0 Å². The minimum atomic E-state index is -0.0388. The van der Waals surface area contributed by atoms with Crippen molar-refractivity contribution in [3.05, 3.63) is 29.8 Å². The van der Waals surface area contributed by atoms with E-state index in [9.17, 15) is 9.90 Å². The third-order valence-electron chi connectivity index (χ3n) is 3.78. The molecule has 21 heavy (non-hydrogen) atoms. The van der Waals surface area contributed by atoms with Crippen molar-refractivity contribution >= 4 is 5.91 Å². The van der Waals surface area contributed by atoms with Gasteiger partial charge in [-0.2, -0.15) is 0 Å². The molecule has 0 saturated carbocycles. The zero-order valence-corrected chi connectivity index (χ0v) is 12.9. The van der Waals surface area contributed by atoms with Gasteiger partial charge >= 0.3 is 0 Å². The van der Waals surface area contributed by atoms with Crippen LogP contribution in [0.1, 0.15) is 43.5 Å². The summed E-state index contributed by atoms with van der Waals surface area (Å²) in [7, 11) is 0. The fraction of sp³-hybridized carbons (Fsp3) is 0.588. The second kappa shape index (κ2) is 7.46. The zero-order valence-electron chi connectivity index (χ0n) is 12.9. The number of amides is 1. The van der Waals surface area contributed by atoms with Crippen molar-refractivity contribution in [3.63, 3.8) is 0 Å². The fourth-order valence-corrected chi connectivity index (χ4v) is 2.58. The number of hydrogen-bond acceptors (Lipinski definition) is 3. The highest BCUT2D eigenvalue weighted by Gasteiger charge is 2.26. The van der Waals surface area contributed by atoms with E-state index in [2.05, 4.69) is 13.8 Å². The number of aliphatic hydroxyl groups is 1. The largest absolute Gasteiger partial charge is 0.493 e. The van der Waals surface area contributed by atoms with E-state index in [4.69, 9.17) is 4.74 Å². The van der Waals surface area contributed by atoms with Crippen molar-refractivity contribution in [2.24, 2.45) is 5.92 Å². The Morgan fingerprint density at radius 2 is 2.05 bits per heavy atom. The molecule has 0 radical (unpaired) electrons. The third kappa shape index (κ3) is 4.21. The smallest absolute Gasteiger partial charge is 0.254 e. The minimum absolute atomic E-state index is 0.00385. The Bertz CT molecular complexity index is 456. The average molecular weight is 291 g/mol. The molecule has 4 nitrogen and oxygen atoms in total. The molecule has 1 fully saturated rings. The monoisotopic (exact) mass is 291 g/mol. The molecule has 2 rings (SSSR count). The molecule has 1 atom stereocenters. The van der Waals surface area contributed by atoms with Crippen LogP contribution in [-0.2, 0) is 0 Å². The Morgan fingerprint density at radius 1 is 1.33 bits per heavy atom. The number of nitrogens with zero attached hydrogens (tertiary/aromatic N) is 1. The summed E-state index contributed by atoms with van der Waals surface area (Å²) in [5.74, 6) is 1.27. The first-order valence-electron chi connectivity index (χ1n) is 7.76. The molecular formula is C17H25NO3. The van der Waals surface area contributed by atoms with Gasteiger partial charge in [-0.05, 0) is 49.4 Å². The van der Waals surface area contributed by atoms with Gasteiger partial charge in [-0.1, -0.05) is 13.8 Å². The maximum Gasteiger partial charge on any atom is 0.254 e. The standard InChI is InChI=1S/C17H25NO3/c1-13(2)12-21-16-8-6-14(7-9-16)17(20)18-10-4-3-5-15(18)11-19/h6-9,13,15,19H,3-5,10-12H2,1-2H3. The maximum atomic E-state index is 12.5. The van der Waals surface area contributed by atoms with Gasteiger partial charge in [0.2, 0.25) is 0 Å². The lowest BCUT2D eigenvalue weighted by Crippen LogP contribution is -2.45. The summed E-state index contributed by atoms with van der Waals surface area (Å²) < 4.78 is 5.63. The van der Waals surface area contributed by atoms with Crippen molar-refractivity contribution in [1.29, 1.82) is 0 Å². The van der Waals surface area contributed by atoms with Crippen molar-refractivity contribution < 1.29 is 14.6 Å². The number of benzene rings is 1. The van der Waals surface area contributed by atoms with E-state index in [-0.39, 0.29) is 18.6 Å². The predicted molar refractivity (Wildman–Crippen MR) is 82.5 cm³/mol. The second-order valence-corrected chi connectivity index (χ2v) is 6.06. The highest BCUT2D eigenvalue weighted by atomic mass is 16.5. The molecule has 0 spiro atoms. The molecule has 1 aliphatic rings. The van der Waals surface area contributed by atoms with Crippen LogP contribution in [0.4, 0.5) is 0 Å². The molecule has 1 aromatic carbocycles. The Labute approximate surface area is 126 Å². The van der Waals surface area contributed by atoms with Gasteiger partial charge in [0.05, 0.1) is 19.3 Å². The molecular weight excluding hydrogens is 266 g/mol. The normalized spacial score (nSPS) is 18.9. The highest BCUT2D eigenvalue weighted by Crippen LogP contribution is 2.21. The Balaban J connectivity index is 2.01. The number of likely N-dealkylation sites (tertiary alicyclic amines) is 1. The topological polar surface area (TPSA) is 49.8 Å². The van der Waals surface area contributed by atoms with E-state index in [1.807, 2.05) is 12.1 Å². The van der Waals surface area contributed by atoms with Crippen LogP contribution in [0.25, 0.3) is 0 Å². The number of carbonyl (C=O) groups is 1. The summed E-state index contributed by atoms with van der Waals surface area (Å²) in [5, 5.41) is 9.41. The molecule has 0 aliphatic carbocycles. The second-order valence-electron chi connectivity index (χ2n) is 6.06. The van der Waals surface area contributed by atoms with Gasteiger partial charge in [-0.15, -0.1) is 0 Å². The summed E-state index contributed by atoms with van der Waals surface area (Å²) >= 11 is 0. The van der Waals surface area contributed by atoms with Gasteiger partial charge in [0.15, 0.2) is 0 Å². The first-order chi connectivity index (χ1) is 10.1. The molecule has 116 valence electrons. The molecule has 1 aromatic rings. The van der Waals surface area contributed by atoms with E-state index in [1.165, 1.54) is 0 Å². The van der Waals surface area contributed by atoms with E-state index >= 15 is 0 Å². The molecule has 1 heterocycles. The van der Waals surface area contributed by atoms with Crippen LogP contribution >= 0.6 is 0 Å². The van der Waals surface area contributed by atoms with Gasteiger partial charge in [0.1, 0.15) is 5.75 Å². The number of rotatable bonds is 5. The van der Waals surface area contributed by atoms with Crippen molar-refractivity contribution in [2.75, 3.05) is 19.8 Å². The lowest BCUT2D eigenvalue weighted by atomic mass is 10.0. The van der Waals surface area contributed by atoms with E-state index in [1.54, 1.807) is 17.0 Å². The van der Waals surface area contributed by atoms with Gasteiger partial charge in [0, 0.05) is 12.1 Å². The summed E-state index contributed by atoms with van der Waals surface area (Å²) in [6.07, 6.45) is 2.98. The molecule has 0 bridgehead atoms. The van der Waals surface area contributed by atoms with Gasteiger partial charge in [-0.3, -0.25) is 4.79 Å². The number of piperidine rings is 1. The quantitative estimate of drug-likeness (QED) is 0.907. The molecule has 0 aromatic heterocycles. The van der Waals surface area contributed by atoms with Crippen molar-refractivity contribution in [3.8, 4) is 5.75 Å². The lowest BCUT2D eigenvalue weighted by molar-refractivity contribution is 0.0503. The lowest BCUT2D eigenvalue weighted by Gasteiger charge is -2.34. The van der Waals surface area contributed by atoms with Gasteiger partial charge in [-0.25, -0.2) is 0 Å². The van der Waals surface area contributed by atoms with Gasteiger partial charge in [0.25, 0.3) is 5.91 Å². The molecule has 1 saturated heterocycles. The zero-order chi connectivity index (χ0) is 15.2.